The highest BCUT2D eigenvalue weighted by Crippen LogP contribution is 2.06. The van der Waals surface area contributed by atoms with Crippen LogP contribution in [0.2, 0.25) is 0 Å². The predicted molar refractivity (Wildman–Crippen MR) is 76.7 cm³/mol. The highest BCUT2D eigenvalue weighted by atomic mass is 16.1. The maximum atomic E-state index is 12.3. The molecule has 0 amide bonds. The Morgan fingerprint density at radius 1 is 1.15 bits per heavy atom. The maximum absolute atomic E-state index is 12.3. The third-order valence-electron chi connectivity index (χ3n) is 3.00. The van der Waals surface area contributed by atoms with Gasteiger partial charge in [-0.25, -0.2) is 9.67 Å². The molecule has 20 heavy (non-hydrogen) atoms. The van der Waals surface area contributed by atoms with Crippen molar-refractivity contribution in [1.29, 1.82) is 0 Å². The molecule has 0 aliphatic heterocycles. The lowest BCUT2D eigenvalue weighted by Crippen LogP contribution is -2.25. The molecule has 0 unspecified atom stereocenters. The van der Waals surface area contributed by atoms with Crippen LogP contribution in [-0.2, 0) is 6.54 Å². The summed E-state index contributed by atoms with van der Waals surface area (Å²) in [5.41, 5.74) is 1.20. The molecule has 3 rings (SSSR count). The van der Waals surface area contributed by atoms with E-state index in [2.05, 4.69) is 20.6 Å². The Hall–Kier alpha value is -2.76. The lowest BCUT2D eigenvalue weighted by molar-refractivity contribution is 0.592. The van der Waals surface area contributed by atoms with Crippen LogP contribution in [0, 0.1) is 0 Å². The molecule has 1 N–H and O–H groups in total. The van der Waals surface area contributed by atoms with Gasteiger partial charge < -0.3 is 5.32 Å². The molecular weight excluding hydrogens is 254 g/mol. The van der Waals surface area contributed by atoms with Crippen molar-refractivity contribution in [3.05, 3.63) is 58.5 Å². The minimum Gasteiger partial charge on any atom is -0.373 e. The normalized spacial score (nSPS) is 10.7. The fourth-order valence-corrected chi connectivity index (χ4v) is 1.99. The second kappa shape index (κ2) is 5.08. The van der Waals surface area contributed by atoms with Crippen molar-refractivity contribution in [2.45, 2.75) is 6.54 Å². The zero-order valence-electron chi connectivity index (χ0n) is 10.9. The number of pyridine rings is 1. The van der Waals surface area contributed by atoms with Gasteiger partial charge in [-0.1, -0.05) is 23.4 Å². The summed E-state index contributed by atoms with van der Waals surface area (Å²) >= 11 is 0. The molecule has 1 aromatic carbocycles. The molecule has 6 nitrogen and oxygen atoms in total. The molecule has 0 aliphatic rings. The molecule has 0 aliphatic carbocycles. The standard InChI is InChI=1S/C14H13N5O/c1-15-13-8-4-5-10(16-13)9-19-14(20)11-6-2-3-7-12(11)17-18-19/h2-8H,9H2,1H3,(H,15,16). The first-order valence-corrected chi connectivity index (χ1v) is 6.24. The molecule has 100 valence electrons. The minimum atomic E-state index is -0.160. The number of fused-ring (bicyclic) bond motifs is 1. The summed E-state index contributed by atoms with van der Waals surface area (Å²) in [5, 5.41) is 11.5. The smallest absolute Gasteiger partial charge is 0.277 e. The minimum absolute atomic E-state index is 0.160. The molecule has 0 spiro atoms. The molecular formula is C14H13N5O. The van der Waals surface area contributed by atoms with Gasteiger partial charge in [-0.15, -0.1) is 5.10 Å². The Morgan fingerprint density at radius 3 is 2.85 bits per heavy atom. The summed E-state index contributed by atoms with van der Waals surface area (Å²) in [6.45, 7) is 0.298. The van der Waals surface area contributed by atoms with Crippen molar-refractivity contribution in [2.75, 3.05) is 12.4 Å². The van der Waals surface area contributed by atoms with Gasteiger partial charge in [-0.2, -0.15) is 0 Å². The van der Waals surface area contributed by atoms with E-state index in [1.165, 1.54) is 4.68 Å². The average Bonchev–Trinajstić information content (AvgIpc) is 2.50. The maximum Gasteiger partial charge on any atom is 0.277 e. The molecule has 3 aromatic rings. The second-order valence-corrected chi connectivity index (χ2v) is 4.33. The third-order valence-corrected chi connectivity index (χ3v) is 3.00. The quantitative estimate of drug-likeness (QED) is 0.773. The predicted octanol–water partition coefficient (Wildman–Crippen LogP) is 1.28. The van der Waals surface area contributed by atoms with Crippen molar-refractivity contribution < 1.29 is 0 Å². The van der Waals surface area contributed by atoms with E-state index in [9.17, 15) is 4.79 Å². The number of benzene rings is 1. The Morgan fingerprint density at radius 2 is 2.00 bits per heavy atom. The number of nitrogens with zero attached hydrogens (tertiary/aromatic N) is 4. The van der Waals surface area contributed by atoms with E-state index in [1.807, 2.05) is 30.3 Å². The first-order valence-electron chi connectivity index (χ1n) is 6.24. The van der Waals surface area contributed by atoms with Gasteiger partial charge >= 0.3 is 0 Å². The fraction of sp³-hybridized carbons (Fsp3) is 0.143. The fourth-order valence-electron chi connectivity index (χ4n) is 1.99. The molecule has 2 heterocycles. The molecule has 0 radical (unpaired) electrons. The van der Waals surface area contributed by atoms with E-state index in [1.54, 1.807) is 19.2 Å². The van der Waals surface area contributed by atoms with Crippen LogP contribution in [0.5, 0.6) is 0 Å². The van der Waals surface area contributed by atoms with Gasteiger partial charge in [0.15, 0.2) is 0 Å². The topological polar surface area (TPSA) is 72.7 Å². The summed E-state index contributed by atoms with van der Waals surface area (Å²) in [6, 6.07) is 12.8. The Labute approximate surface area is 115 Å². The molecule has 0 fully saturated rings. The molecule has 6 heteroatoms. The van der Waals surface area contributed by atoms with Gasteiger partial charge in [0.1, 0.15) is 11.3 Å². The summed E-state index contributed by atoms with van der Waals surface area (Å²) in [6.07, 6.45) is 0. The largest absolute Gasteiger partial charge is 0.373 e. The number of nitrogens with one attached hydrogen (secondary N) is 1. The molecule has 0 atom stereocenters. The van der Waals surface area contributed by atoms with E-state index >= 15 is 0 Å². The van der Waals surface area contributed by atoms with E-state index in [0.29, 0.717) is 17.4 Å². The number of rotatable bonds is 3. The van der Waals surface area contributed by atoms with Crippen LogP contribution in [0.25, 0.3) is 10.9 Å². The first kappa shape index (κ1) is 12.3. The molecule has 0 saturated carbocycles. The Balaban J connectivity index is 2.02. The summed E-state index contributed by atoms with van der Waals surface area (Å²) in [7, 11) is 1.80. The van der Waals surface area contributed by atoms with Crippen molar-refractivity contribution in [2.24, 2.45) is 0 Å². The number of hydrogen-bond donors (Lipinski definition) is 1. The van der Waals surface area contributed by atoms with E-state index < -0.39 is 0 Å². The van der Waals surface area contributed by atoms with Gasteiger partial charge in [0.25, 0.3) is 5.56 Å². The second-order valence-electron chi connectivity index (χ2n) is 4.33. The Kier molecular flexibility index (Phi) is 3.12. The van der Waals surface area contributed by atoms with Crippen molar-refractivity contribution in [3.8, 4) is 0 Å². The van der Waals surface area contributed by atoms with Crippen LogP contribution in [-0.4, -0.2) is 27.0 Å². The van der Waals surface area contributed by atoms with Gasteiger partial charge in [-0.05, 0) is 24.3 Å². The molecule has 2 aromatic heterocycles. The highest BCUT2D eigenvalue weighted by Gasteiger charge is 2.06. The van der Waals surface area contributed by atoms with E-state index in [4.69, 9.17) is 0 Å². The monoisotopic (exact) mass is 267 g/mol. The average molecular weight is 267 g/mol. The highest BCUT2D eigenvalue weighted by molar-refractivity contribution is 5.76. The summed E-state index contributed by atoms with van der Waals surface area (Å²) in [5.74, 6) is 0.754. The zero-order valence-corrected chi connectivity index (χ0v) is 10.9. The SMILES string of the molecule is CNc1cccc(Cn2nnc3ccccc3c2=O)n1. The van der Waals surface area contributed by atoms with E-state index in [0.717, 1.165) is 11.5 Å². The zero-order chi connectivity index (χ0) is 13.9. The number of hydrogen-bond acceptors (Lipinski definition) is 5. The van der Waals surface area contributed by atoms with Gasteiger partial charge in [0.05, 0.1) is 17.6 Å². The molecule has 0 bridgehead atoms. The number of anilines is 1. The van der Waals surface area contributed by atoms with Crippen molar-refractivity contribution in [3.63, 3.8) is 0 Å². The lowest BCUT2D eigenvalue weighted by atomic mass is 10.2. The van der Waals surface area contributed by atoms with Gasteiger partial charge in [-0.3, -0.25) is 4.79 Å². The van der Waals surface area contributed by atoms with Gasteiger partial charge in [0.2, 0.25) is 0 Å². The van der Waals surface area contributed by atoms with Crippen LogP contribution < -0.4 is 10.9 Å². The van der Waals surface area contributed by atoms with Gasteiger partial charge in [0, 0.05) is 7.05 Å². The van der Waals surface area contributed by atoms with Crippen molar-refractivity contribution >= 4 is 16.7 Å². The van der Waals surface area contributed by atoms with Crippen LogP contribution >= 0.6 is 0 Å². The third kappa shape index (κ3) is 2.23. The lowest BCUT2D eigenvalue weighted by Gasteiger charge is -2.06. The molecule has 0 saturated heterocycles. The summed E-state index contributed by atoms with van der Waals surface area (Å²) in [4.78, 5) is 16.7. The van der Waals surface area contributed by atoms with Crippen LogP contribution in [0.4, 0.5) is 5.82 Å². The first-order chi connectivity index (χ1) is 9.78. The van der Waals surface area contributed by atoms with Crippen LogP contribution in [0.1, 0.15) is 5.69 Å². The summed E-state index contributed by atoms with van der Waals surface area (Å²) < 4.78 is 1.32. The van der Waals surface area contributed by atoms with E-state index in [-0.39, 0.29) is 5.56 Å². The van der Waals surface area contributed by atoms with Crippen LogP contribution in [0.3, 0.4) is 0 Å². The van der Waals surface area contributed by atoms with Crippen LogP contribution in [0.15, 0.2) is 47.3 Å². The number of aromatic nitrogens is 4. The Bertz CT molecular complexity index is 812. The van der Waals surface area contributed by atoms with Crippen molar-refractivity contribution in [1.82, 2.24) is 20.0 Å².